The quantitative estimate of drug-likeness (QED) is 0.738. The van der Waals surface area contributed by atoms with Crippen LogP contribution in [0.5, 0.6) is 0 Å². The summed E-state index contributed by atoms with van der Waals surface area (Å²) in [6.07, 6.45) is 7.60. The highest BCUT2D eigenvalue weighted by Gasteiger charge is 2.49. The van der Waals surface area contributed by atoms with Crippen molar-refractivity contribution in [3.63, 3.8) is 0 Å². The second kappa shape index (κ2) is 4.08. The van der Waals surface area contributed by atoms with Gasteiger partial charge < -0.3 is 5.11 Å². The molecule has 0 aliphatic heterocycles. The molecule has 0 bridgehead atoms. The van der Waals surface area contributed by atoms with Crippen molar-refractivity contribution in [2.24, 2.45) is 23.2 Å². The molecule has 0 aromatic carbocycles. The molecule has 0 heterocycles. The summed E-state index contributed by atoms with van der Waals surface area (Å²) in [5.74, 6) is 2.62. The van der Waals surface area contributed by atoms with E-state index in [2.05, 4.69) is 20.8 Å². The number of aliphatic hydroxyl groups excluding tert-OH is 1. The van der Waals surface area contributed by atoms with Gasteiger partial charge in [0.25, 0.3) is 0 Å². The van der Waals surface area contributed by atoms with Gasteiger partial charge in [-0.15, -0.1) is 0 Å². The highest BCUT2D eigenvalue weighted by Crippen LogP contribution is 2.54. The number of hydrogen-bond donors (Lipinski definition) is 1. The molecule has 1 N–H and O–H groups in total. The predicted octanol–water partition coefficient (Wildman–Crippen LogP) is 3.61. The fraction of sp³-hybridized carbons (Fsp3) is 1.00. The number of hydrogen-bond acceptors (Lipinski definition) is 1. The maximum absolute atomic E-state index is 10.1. The second-order valence-corrected chi connectivity index (χ2v) is 6.22. The zero-order chi connectivity index (χ0) is 11.1. The zero-order valence-corrected chi connectivity index (χ0v) is 10.5. The minimum absolute atomic E-state index is 0.0135. The highest BCUT2D eigenvalue weighted by molar-refractivity contribution is 4.99. The summed E-state index contributed by atoms with van der Waals surface area (Å²) in [5, 5.41) is 10.1. The number of rotatable bonds is 2. The van der Waals surface area contributed by atoms with Gasteiger partial charge >= 0.3 is 0 Å². The fourth-order valence-electron chi connectivity index (χ4n) is 3.88. The van der Waals surface area contributed by atoms with Crippen LogP contribution < -0.4 is 0 Å². The lowest BCUT2D eigenvalue weighted by atomic mass is 9.63. The molecule has 0 saturated heterocycles. The average molecular weight is 210 g/mol. The molecule has 2 aliphatic rings. The summed E-state index contributed by atoms with van der Waals surface area (Å²) in [6, 6.07) is 0. The Morgan fingerprint density at radius 1 is 1.33 bits per heavy atom. The van der Waals surface area contributed by atoms with Crippen molar-refractivity contribution in [3.8, 4) is 0 Å². The van der Waals surface area contributed by atoms with E-state index in [4.69, 9.17) is 0 Å². The highest BCUT2D eigenvalue weighted by atomic mass is 16.3. The first kappa shape index (κ1) is 11.4. The van der Waals surface area contributed by atoms with Gasteiger partial charge in [-0.1, -0.05) is 27.2 Å². The number of fused-ring (bicyclic) bond motifs is 1. The Labute approximate surface area is 94.3 Å². The molecule has 5 unspecified atom stereocenters. The van der Waals surface area contributed by atoms with Crippen LogP contribution in [0.1, 0.15) is 59.3 Å². The van der Waals surface area contributed by atoms with E-state index in [0.717, 1.165) is 24.2 Å². The van der Waals surface area contributed by atoms with Crippen molar-refractivity contribution in [2.45, 2.75) is 65.4 Å². The molecule has 0 aromatic heterocycles. The Hall–Kier alpha value is -0.0400. The van der Waals surface area contributed by atoms with Crippen LogP contribution in [0.25, 0.3) is 0 Å². The molecule has 0 spiro atoms. The van der Waals surface area contributed by atoms with Gasteiger partial charge in [0.05, 0.1) is 6.10 Å². The largest absolute Gasteiger partial charge is 0.393 e. The van der Waals surface area contributed by atoms with E-state index < -0.39 is 0 Å². The van der Waals surface area contributed by atoms with Gasteiger partial charge in [0.2, 0.25) is 0 Å². The Kier molecular flexibility index (Phi) is 3.12. The summed E-state index contributed by atoms with van der Waals surface area (Å²) in [7, 11) is 0. The molecule has 0 aromatic rings. The second-order valence-electron chi connectivity index (χ2n) is 6.22. The van der Waals surface area contributed by atoms with Crippen LogP contribution >= 0.6 is 0 Å². The maximum atomic E-state index is 10.1. The summed E-state index contributed by atoms with van der Waals surface area (Å²) >= 11 is 0. The van der Waals surface area contributed by atoms with E-state index in [1.807, 2.05) is 0 Å². The molecule has 2 aliphatic carbocycles. The Morgan fingerprint density at radius 3 is 2.73 bits per heavy atom. The van der Waals surface area contributed by atoms with Crippen molar-refractivity contribution < 1.29 is 5.11 Å². The van der Waals surface area contributed by atoms with Crippen LogP contribution in [0.2, 0.25) is 0 Å². The van der Waals surface area contributed by atoms with Crippen LogP contribution in [-0.4, -0.2) is 11.2 Å². The van der Waals surface area contributed by atoms with E-state index in [9.17, 15) is 5.11 Å². The van der Waals surface area contributed by atoms with E-state index in [0.29, 0.717) is 0 Å². The van der Waals surface area contributed by atoms with Gasteiger partial charge in [-0.25, -0.2) is 0 Å². The topological polar surface area (TPSA) is 20.2 Å². The standard InChI is InChI=1S/C14H26O/c1-4-10(2)11-7-8-14(3)12(9-11)5-6-13(14)15/h10-13,15H,4-9H2,1-3H3. The van der Waals surface area contributed by atoms with Gasteiger partial charge in [-0.3, -0.25) is 0 Å². The first-order chi connectivity index (χ1) is 7.08. The smallest absolute Gasteiger partial charge is 0.0596 e. The molecule has 0 amide bonds. The van der Waals surface area contributed by atoms with Crippen molar-refractivity contribution in [3.05, 3.63) is 0 Å². The normalized spacial score (nSPS) is 47.6. The minimum Gasteiger partial charge on any atom is -0.393 e. The first-order valence-electron chi connectivity index (χ1n) is 6.76. The van der Waals surface area contributed by atoms with Crippen LogP contribution in [0, 0.1) is 23.2 Å². The van der Waals surface area contributed by atoms with E-state index in [1.54, 1.807) is 0 Å². The van der Waals surface area contributed by atoms with Crippen molar-refractivity contribution in [1.29, 1.82) is 0 Å². The molecule has 2 fully saturated rings. The maximum Gasteiger partial charge on any atom is 0.0596 e. The average Bonchev–Trinajstić information content (AvgIpc) is 2.54. The van der Waals surface area contributed by atoms with Gasteiger partial charge in [-0.05, 0) is 55.3 Å². The first-order valence-corrected chi connectivity index (χ1v) is 6.76. The molecule has 5 atom stereocenters. The number of aliphatic hydroxyl groups is 1. The predicted molar refractivity (Wildman–Crippen MR) is 63.6 cm³/mol. The zero-order valence-electron chi connectivity index (χ0n) is 10.5. The lowest BCUT2D eigenvalue weighted by Gasteiger charge is -2.43. The Balaban J connectivity index is 2.02. The van der Waals surface area contributed by atoms with Crippen LogP contribution in [0.15, 0.2) is 0 Å². The molecule has 2 saturated carbocycles. The monoisotopic (exact) mass is 210 g/mol. The van der Waals surface area contributed by atoms with E-state index >= 15 is 0 Å². The van der Waals surface area contributed by atoms with Gasteiger partial charge in [-0.2, -0.15) is 0 Å². The molecule has 2 rings (SSSR count). The minimum atomic E-state index is -0.0135. The SMILES string of the molecule is CCC(C)C1CCC2(C)C(O)CCC2C1. The van der Waals surface area contributed by atoms with E-state index in [-0.39, 0.29) is 11.5 Å². The van der Waals surface area contributed by atoms with Gasteiger partial charge in [0, 0.05) is 0 Å². The lowest BCUT2D eigenvalue weighted by Crippen LogP contribution is -2.38. The molecule has 0 radical (unpaired) electrons. The van der Waals surface area contributed by atoms with Crippen LogP contribution in [-0.2, 0) is 0 Å². The third-order valence-electron chi connectivity index (χ3n) is 5.57. The molecular weight excluding hydrogens is 184 g/mol. The van der Waals surface area contributed by atoms with Crippen molar-refractivity contribution in [1.82, 2.24) is 0 Å². The van der Waals surface area contributed by atoms with Gasteiger partial charge in [0.1, 0.15) is 0 Å². The molecule has 88 valence electrons. The fourth-order valence-corrected chi connectivity index (χ4v) is 3.88. The van der Waals surface area contributed by atoms with Crippen LogP contribution in [0.4, 0.5) is 0 Å². The summed E-state index contributed by atoms with van der Waals surface area (Å²) < 4.78 is 0. The molecule has 1 heteroatoms. The summed E-state index contributed by atoms with van der Waals surface area (Å²) in [6.45, 7) is 7.03. The molecule has 15 heavy (non-hydrogen) atoms. The summed E-state index contributed by atoms with van der Waals surface area (Å²) in [4.78, 5) is 0. The molecular formula is C14H26O. The lowest BCUT2D eigenvalue weighted by molar-refractivity contribution is -0.00824. The third kappa shape index (κ3) is 1.84. The van der Waals surface area contributed by atoms with E-state index in [1.165, 1.54) is 32.1 Å². The van der Waals surface area contributed by atoms with Crippen molar-refractivity contribution in [2.75, 3.05) is 0 Å². The van der Waals surface area contributed by atoms with Crippen molar-refractivity contribution >= 4 is 0 Å². The Bertz CT molecular complexity index is 225. The molecule has 1 nitrogen and oxygen atoms in total. The van der Waals surface area contributed by atoms with Crippen LogP contribution in [0.3, 0.4) is 0 Å². The Morgan fingerprint density at radius 2 is 2.07 bits per heavy atom. The van der Waals surface area contributed by atoms with Gasteiger partial charge in [0.15, 0.2) is 0 Å². The third-order valence-corrected chi connectivity index (χ3v) is 5.57. The summed E-state index contributed by atoms with van der Waals surface area (Å²) in [5.41, 5.74) is 0.268.